The summed E-state index contributed by atoms with van der Waals surface area (Å²) in [5.74, 6) is -6.04. The lowest BCUT2D eigenvalue weighted by atomic mass is 9.74. The monoisotopic (exact) mass is 426 g/mol. The summed E-state index contributed by atoms with van der Waals surface area (Å²) in [5.41, 5.74) is 0.794. The van der Waals surface area contributed by atoms with Crippen molar-refractivity contribution in [1.82, 2.24) is 0 Å². The highest BCUT2D eigenvalue weighted by Crippen LogP contribution is 2.43. The second-order valence-electron chi connectivity index (χ2n) is 7.32. The lowest BCUT2D eigenvalue weighted by Crippen LogP contribution is -2.16. The van der Waals surface area contributed by atoms with E-state index in [9.17, 15) is 27.5 Å². The van der Waals surface area contributed by atoms with Crippen LogP contribution >= 0.6 is 11.8 Å². The van der Waals surface area contributed by atoms with Gasteiger partial charge in [0.25, 0.3) is 5.76 Å². The van der Waals surface area contributed by atoms with Crippen LogP contribution in [-0.2, 0) is 0 Å². The van der Waals surface area contributed by atoms with E-state index in [0.29, 0.717) is 17.0 Å². The van der Waals surface area contributed by atoms with Crippen LogP contribution in [0.3, 0.4) is 0 Å². The Labute approximate surface area is 171 Å². The fourth-order valence-corrected chi connectivity index (χ4v) is 4.74. The molecule has 1 N–H and O–H groups in total. The molecule has 2 nitrogen and oxygen atoms in total. The number of thioether (sulfide) groups is 1. The Kier molecular flexibility index (Phi) is 6.88. The van der Waals surface area contributed by atoms with Crippen molar-refractivity contribution >= 4 is 17.7 Å². The molecule has 29 heavy (non-hydrogen) atoms. The van der Waals surface area contributed by atoms with E-state index in [2.05, 4.69) is 6.92 Å². The van der Waals surface area contributed by atoms with Crippen LogP contribution in [0.2, 0.25) is 0 Å². The molecule has 0 unspecified atom stereocenters. The average molecular weight is 426 g/mol. The molecular formula is C22H22F4O2S. The molecule has 0 heterocycles. The first-order valence-electron chi connectivity index (χ1n) is 9.62. The Hall–Kier alpha value is -2.02. The first-order chi connectivity index (χ1) is 13.8. The van der Waals surface area contributed by atoms with Crippen molar-refractivity contribution in [3.8, 4) is 11.1 Å². The molecule has 0 amide bonds. The van der Waals surface area contributed by atoms with Gasteiger partial charge in [-0.25, -0.2) is 13.6 Å². The fourth-order valence-electron chi connectivity index (χ4n) is 4.21. The summed E-state index contributed by atoms with van der Waals surface area (Å²) >= 11 is -0.0563. The molecule has 0 aliphatic heterocycles. The highest BCUT2D eigenvalue weighted by molar-refractivity contribution is 7.99. The molecule has 0 aromatic heterocycles. The number of hydrogen-bond acceptors (Lipinski definition) is 2. The van der Waals surface area contributed by atoms with E-state index in [1.54, 1.807) is 6.07 Å². The minimum absolute atomic E-state index is 0.0563. The summed E-state index contributed by atoms with van der Waals surface area (Å²) in [6.07, 6.45) is 4.52. The quantitative estimate of drug-likeness (QED) is 0.388. The average Bonchev–Trinajstić information content (AvgIpc) is 2.71. The number of halogens is 4. The maximum Gasteiger partial charge on any atom is 0.335 e. The Morgan fingerprint density at radius 1 is 1.07 bits per heavy atom. The largest absolute Gasteiger partial charge is 0.478 e. The van der Waals surface area contributed by atoms with Crippen molar-refractivity contribution in [2.24, 2.45) is 5.92 Å². The van der Waals surface area contributed by atoms with Gasteiger partial charge in [-0.15, -0.1) is 0 Å². The van der Waals surface area contributed by atoms with Gasteiger partial charge in [0.15, 0.2) is 11.6 Å². The van der Waals surface area contributed by atoms with Gasteiger partial charge in [0.1, 0.15) is 0 Å². The SMILES string of the molecule is CC[C@H]1CC[C@H](c2c(C(=O)O)cccc2-c2ccc(SC(F)F)c(F)c2F)CC1. The number of benzene rings is 2. The molecule has 1 aliphatic rings. The van der Waals surface area contributed by atoms with E-state index in [0.717, 1.165) is 38.2 Å². The molecule has 3 rings (SSSR count). The van der Waals surface area contributed by atoms with Crippen LogP contribution in [0.1, 0.15) is 60.9 Å². The third-order valence-corrected chi connectivity index (χ3v) is 6.47. The van der Waals surface area contributed by atoms with E-state index < -0.39 is 28.3 Å². The molecule has 1 fully saturated rings. The minimum atomic E-state index is -2.87. The lowest BCUT2D eigenvalue weighted by Gasteiger charge is -2.30. The number of hydrogen-bond donors (Lipinski definition) is 1. The third-order valence-electron chi connectivity index (χ3n) is 5.72. The van der Waals surface area contributed by atoms with Crippen LogP contribution in [-0.4, -0.2) is 16.8 Å². The van der Waals surface area contributed by atoms with E-state index in [4.69, 9.17) is 0 Å². The molecule has 0 bridgehead atoms. The van der Waals surface area contributed by atoms with Crippen LogP contribution in [0, 0.1) is 17.6 Å². The molecule has 2 aromatic carbocycles. The first-order valence-corrected chi connectivity index (χ1v) is 10.5. The van der Waals surface area contributed by atoms with Gasteiger partial charge in [-0.3, -0.25) is 0 Å². The number of carbonyl (C=O) groups is 1. The number of rotatable bonds is 6. The standard InChI is InChI=1S/C22H22F4O2S/c1-2-12-6-8-13(9-7-12)18-14(4-3-5-16(18)21(27)28)15-10-11-17(29-22(25)26)20(24)19(15)23/h3-5,10-13,22H,2,6-9H2,1H3,(H,27,28)/t12-,13-. The normalized spacial score (nSPS) is 19.5. The summed E-state index contributed by atoms with van der Waals surface area (Å²) in [7, 11) is 0. The lowest BCUT2D eigenvalue weighted by molar-refractivity contribution is 0.0694. The molecule has 2 aromatic rings. The summed E-state index contributed by atoms with van der Waals surface area (Å²) in [6.45, 7) is 2.12. The predicted octanol–water partition coefficient (Wildman–Crippen LogP) is 7.33. The van der Waals surface area contributed by atoms with Gasteiger partial charge in [-0.1, -0.05) is 43.3 Å². The first kappa shape index (κ1) is 21.7. The Morgan fingerprint density at radius 3 is 2.34 bits per heavy atom. The number of alkyl halides is 2. The summed E-state index contributed by atoms with van der Waals surface area (Å²) in [4.78, 5) is 11.4. The molecule has 1 aliphatic carbocycles. The van der Waals surface area contributed by atoms with Crippen molar-refractivity contribution in [3.05, 3.63) is 53.1 Å². The predicted molar refractivity (Wildman–Crippen MR) is 106 cm³/mol. The van der Waals surface area contributed by atoms with E-state index in [-0.39, 0.29) is 28.8 Å². The highest BCUT2D eigenvalue weighted by Gasteiger charge is 2.29. The maximum absolute atomic E-state index is 14.8. The van der Waals surface area contributed by atoms with Gasteiger partial charge in [0.05, 0.1) is 10.5 Å². The molecule has 156 valence electrons. The molecule has 0 saturated heterocycles. The Balaban J connectivity index is 2.10. The highest BCUT2D eigenvalue weighted by atomic mass is 32.2. The second-order valence-corrected chi connectivity index (χ2v) is 8.35. The van der Waals surface area contributed by atoms with Gasteiger partial charge in [-0.05, 0) is 60.8 Å². The Bertz CT molecular complexity index is 893. The zero-order valence-electron chi connectivity index (χ0n) is 15.9. The van der Waals surface area contributed by atoms with E-state index >= 15 is 0 Å². The van der Waals surface area contributed by atoms with Crippen molar-refractivity contribution in [2.75, 3.05) is 0 Å². The molecule has 0 radical (unpaired) electrons. The third kappa shape index (κ3) is 4.60. The van der Waals surface area contributed by atoms with Crippen LogP contribution in [0.5, 0.6) is 0 Å². The fraction of sp³-hybridized carbons (Fsp3) is 0.409. The van der Waals surface area contributed by atoms with Crippen molar-refractivity contribution in [3.63, 3.8) is 0 Å². The second kappa shape index (κ2) is 9.20. The van der Waals surface area contributed by atoms with Gasteiger partial charge in [0.2, 0.25) is 0 Å². The minimum Gasteiger partial charge on any atom is -0.478 e. The van der Waals surface area contributed by atoms with Crippen molar-refractivity contribution in [1.29, 1.82) is 0 Å². The number of aromatic carboxylic acids is 1. The van der Waals surface area contributed by atoms with Crippen molar-refractivity contribution in [2.45, 2.75) is 55.6 Å². The van der Waals surface area contributed by atoms with Crippen LogP contribution in [0.4, 0.5) is 17.6 Å². The van der Waals surface area contributed by atoms with Gasteiger partial charge < -0.3 is 5.11 Å². The number of carboxylic acid groups (broad SMARTS) is 1. The molecule has 7 heteroatoms. The van der Waals surface area contributed by atoms with Crippen LogP contribution in [0.15, 0.2) is 35.2 Å². The summed E-state index contributed by atoms with van der Waals surface area (Å²) in [5, 5.41) is 9.68. The Morgan fingerprint density at radius 2 is 1.76 bits per heavy atom. The zero-order chi connectivity index (χ0) is 21.1. The molecule has 1 saturated carbocycles. The van der Waals surface area contributed by atoms with Crippen LogP contribution in [0.25, 0.3) is 11.1 Å². The zero-order valence-corrected chi connectivity index (χ0v) is 16.7. The number of carboxylic acids is 1. The van der Waals surface area contributed by atoms with Gasteiger partial charge in [-0.2, -0.15) is 8.78 Å². The van der Waals surface area contributed by atoms with Crippen molar-refractivity contribution < 1.29 is 27.5 Å². The molecular weight excluding hydrogens is 404 g/mol. The molecule has 0 atom stereocenters. The topological polar surface area (TPSA) is 37.3 Å². The van der Waals surface area contributed by atoms with E-state index in [1.165, 1.54) is 18.2 Å². The maximum atomic E-state index is 14.8. The van der Waals surface area contributed by atoms with E-state index in [1.807, 2.05) is 0 Å². The summed E-state index contributed by atoms with van der Waals surface area (Å²) in [6, 6.07) is 6.92. The van der Waals surface area contributed by atoms with Crippen LogP contribution < -0.4 is 0 Å². The molecule has 0 spiro atoms. The van der Waals surface area contributed by atoms with Gasteiger partial charge >= 0.3 is 5.97 Å². The smallest absolute Gasteiger partial charge is 0.335 e. The summed E-state index contributed by atoms with van der Waals surface area (Å²) < 4.78 is 54.4. The van der Waals surface area contributed by atoms with Gasteiger partial charge in [0, 0.05) is 5.56 Å².